The molecule has 1 aliphatic rings. The van der Waals surface area contributed by atoms with Gasteiger partial charge in [-0.2, -0.15) is 0 Å². The third kappa shape index (κ3) is 6.49. The molecule has 0 radical (unpaired) electrons. The lowest BCUT2D eigenvalue weighted by molar-refractivity contribution is -0.149. The van der Waals surface area contributed by atoms with Crippen LogP contribution >= 0.6 is 11.6 Å². The van der Waals surface area contributed by atoms with Crippen molar-refractivity contribution in [2.75, 3.05) is 18.5 Å². The van der Waals surface area contributed by atoms with Crippen LogP contribution in [-0.2, 0) is 14.3 Å². The van der Waals surface area contributed by atoms with E-state index < -0.39 is 18.5 Å². The van der Waals surface area contributed by atoms with E-state index in [0.29, 0.717) is 22.0 Å². The van der Waals surface area contributed by atoms with Gasteiger partial charge in [0.2, 0.25) is 0 Å². The van der Waals surface area contributed by atoms with Gasteiger partial charge in [0.05, 0.1) is 11.3 Å². The quantitative estimate of drug-likeness (QED) is 0.624. The minimum absolute atomic E-state index is 0.169. The van der Waals surface area contributed by atoms with Gasteiger partial charge < -0.3 is 20.1 Å². The molecule has 2 aromatic rings. The maximum absolute atomic E-state index is 12.5. The third-order valence-corrected chi connectivity index (χ3v) is 4.92. The van der Waals surface area contributed by atoms with Crippen molar-refractivity contribution < 1.29 is 23.9 Å². The first kappa shape index (κ1) is 21.6. The number of benzene rings is 2. The largest absolute Gasteiger partial charge is 0.482 e. The van der Waals surface area contributed by atoms with Gasteiger partial charge in [0.25, 0.3) is 11.8 Å². The topological polar surface area (TPSA) is 93.7 Å². The summed E-state index contributed by atoms with van der Waals surface area (Å²) in [6.07, 6.45) is 4.15. The molecule has 0 unspecified atom stereocenters. The second kappa shape index (κ2) is 10.6. The van der Waals surface area contributed by atoms with Crippen LogP contribution in [0, 0.1) is 0 Å². The molecule has 1 saturated carbocycles. The van der Waals surface area contributed by atoms with Gasteiger partial charge in [0.1, 0.15) is 5.75 Å². The third-order valence-electron chi connectivity index (χ3n) is 4.67. The van der Waals surface area contributed by atoms with Crippen LogP contribution in [0.2, 0.25) is 5.02 Å². The van der Waals surface area contributed by atoms with Crippen LogP contribution in [0.15, 0.2) is 48.5 Å². The Hall–Kier alpha value is -3.06. The summed E-state index contributed by atoms with van der Waals surface area (Å²) < 4.78 is 10.2. The highest BCUT2D eigenvalue weighted by Gasteiger charge is 2.20. The van der Waals surface area contributed by atoms with Crippen molar-refractivity contribution in [2.24, 2.45) is 0 Å². The summed E-state index contributed by atoms with van der Waals surface area (Å²) in [5, 5.41) is 6.17. The number of carbonyl (C=O) groups is 3. The molecule has 1 aliphatic carbocycles. The molecule has 2 aromatic carbocycles. The van der Waals surface area contributed by atoms with Gasteiger partial charge in [-0.3, -0.25) is 9.59 Å². The standard InChI is InChI=1S/C22H23ClN2O5/c23-15-9-11-17(12-10-15)29-14-21(27)30-13-20(26)25-19-8-4-3-7-18(19)22(28)24-16-5-1-2-6-16/h3-4,7-12,16H,1-2,5-6,13-14H2,(H,24,28)(H,25,26). The predicted octanol–water partition coefficient (Wildman–Crippen LogP) is 3.57. The Morgan fingerprint density at radius 1 is 0.967 bits per heavy atom. The molecule has 0 aliphatic heterocycles. The fourth-order valence-electron chi connectivity index (χ4n) is 3.17. The van der Waals surface area contributed by atoms with Gasteiger partial charge in [-0.05, 0) is 49.2 Å². The first-order chi connectivity index (χ1) is 14.5. The van der Waals surface area contributed by atoms with E-state index in [4.69, 9.17) is 21.1 Å². The Morgan fingerprint density at radius 2 is 1.67 bits per heavy atom. The Kier molecular flexibility index (Phi) is 7.68. The molecule has 158 valence electrons. The smallest absolute Gasteiger partial charge is 0.344 e. The van der Waals surface area contributed by atoms with Gasteiger partial charge in [0.15, 0.2) is 13.2 Å². The summed E-state index contributed by atoms with van der Waals surface area (Å²) in [5.41, 5.74) is 0.738. The van der Waals surface area contributed by atoms with Crippen LogP contribution in [0.4, 0.5) is 5.69 Å². The van der Waals surface area contributed by atoms with Crippen LogP contribution in [-0.4, -0.2) is 37.0 Å². The minimum atomic E-state index is -0.688. The predicted molar refractivity (Wildman–Crippen MR) is 113 cm³/mol. The van der Waals surface area contributed by atoms with Crippen LogP contribution in [0.5, 0.6) is 5.75 Å². The molecule has 0 aromatic heterocycles. The molecule has 0 atom stereocenters. The van der Waals surface area contributed by atoms with Crippen molar-refractivity contribution in [3.05, 3.63) is 59.1 Å². The number of ether oxygens (including phenoxy) is 2. The van der Waals surface area contributed by atoms with Crippen molar-refractivity contribution in [2.45, 2.75) is 31.7 Å². The van der Waals surface area contributed by atoms with Crippen LogP contribution in [0.25, 0.3) is 0 Å². The van der Waals surface area contributed by atoms with E-state index in [1.807, 2.05) is 0 Å². The van der Waals surface area contributed by atoms with Crippen LogP contribution in [0.3, 0.4) is 0 Å². The Balaban J connectivity index is 1.46. The normalized spacial score (nSPS) is 13.5. The first-order valence-corrected chi connectivity index (χ1v) is 10.1. The van der Waals surface area contributed by atoms with E-state index in [9.17, 15) is 14.4 Å². The zero-order chi connectivity index (χ0) is 21.3. The number of halogens is 1. The molecule has 0 heterocycles. The Bertz CT molecular complexity index is 895. The van der Waals surface area contributed by atoms with E-state index in [1.54, 1.807) is 48.5 Å². The zero-order valence-corrected chi connectivity index (χ0v) is 17.1. The summed E-state index contributed by atoms with van der Waals surface area (Å²) in [5.74, 6) is -1.00. The van der Waals surface area contributed by atoms with E-state index in [0.717, 1.165) is 25.7 Å². The molecule has 3 rings (SSSR count). The van der Waals surface area contributed by atoms with E-state index in [2.05, 4.69) is 10.6 Å². The molecule has 0 bridgehead atoms. The fourth-order valence-corrected chi connectivity index (χ4v) is 3.30. The van der Waals surface area contributed by atoms with E-state index >= 15 is 0 Å². The highest BCUT2D eigenvalue weighted by molar-refractivity contribution is 6.30. The molecule has 7 nitrogen and oxygen atoms in total. The number of amides is 2. The molecule has 30 heavy (non-hydrogen) atoms. The lowest BCUT2D eigenvalue weighted by Gasteiger charge is -2.15. The van der Waals surface area contributed by atoms with Gasteiger partial charge in [-0.15, -0.1) is 0 Å². The summed E-state index contributed by atoms with van der Waals surface area (Å²) >= 11 is 5.78. The number of anilines is 1. The molecule has 2 N–H and O–H groups in total. The SMILES string of the molecule is O=C(COC(=O)COc1ccc(Cl)cc1)Nc1ccccc1C(=O)NC1CCCC1. The lowest BCUT2D eigenvalue weighted by Crippen LogP contribution is -2.33. The van der Waals surface area contributed by atoms with Crippen molar-refractivity contribution in [1.82, 2.24) is 5.32 Å². The summed E-state index contributed by atoms with van der Waals surface area (Å²) in [4.78, 5) is 36.5. The van der Waals surface area contributed by atoms with Crippen molar-refractivity contribution in [3.63, 3.8) is 0 Å². The molecule has 1 fully saturated rings. The van der Waals surface area contributed by atoms with Crippen LogP contribution < -0.4 is 15.4 Å². The lowest BCUT2D eigenvalue weighted by atomic mass is 10.1. The minimum Gasteiger partial charge on any atom is -0.482 e. The van der Waals surface area contributed by atoms with Crippen LogP contribution in [0.1, 0.15) is 36.0 Å². The second-order valence-corrected chi connectivity index (χ2v) is 7.39. The van der Waals surface area contributed by atoms with Crippen molar-refractivity contribution >= 4 is 35.1 Å². The monoisotopic (exact) mass is 430 g/mol. The Labute approximate surface area is 179 Å². The van der Waals surface area contributed by atoms with Gasteiger partial charge in [0, 0.05) is 11.1 Å². The molecule has 2 amide bonds. The summed E-state index contributed by atoms with van der Waals surface area (Å²) in [6, 6.07) is 13.4. The first-order valence-electron chi connectivity index (χ1n) is 9.75. The number of hydrogen-bond acceptors (Lipinski definition) is 5. The number of carbonyl (C=O) groups excluding carboxylic acids is 3. The van der Waals surface area contributed by atoms with Gasteiger partial charge >= 0.3 is 5.97 Å². The highest BCUT2D eigenvalue weighted by Crippen LogP contribution is 2.20. The molecular weight excluding hydrogens is 408 g/mol. The average Bonchev–Trinajstić information content (AvgIpc) is 3.25. The maximum atomic E-state index is 12.5. The molecule has 0 spiro atoms. The number of rotatable bonds is 8. The summed E-state index contributed by atoms with van der Waals surface area (Å²) in [7, 11) is 0. The molecule has 8 heteroatoms. The van der Waals surface area contributed by atoms with Gasteiger partial charge in [-0.1, -0.05) is 36.6 Å². The summed E-state index contributed by atoms with van der Waals surface area (Å²) in [6.45, 7) is -0.823. The number of hydrogen-bond donors (Lipinski definition) is 2. The average molecular weight is 431 g/mol. The zero-order valence-electron chi connectivity index (χ0n) is 16.4. The number of para-hydroxylation sites is 1. The maximum Gasteiger partial charge on any atom is 0.344 e. The van der Waals surface area contributed by atoms with E-state index in [1.165, 1.54) is 0 Å². The van der Waals surface area contributed by atoms with Crippen molar-refractivity contribution in [1.29, 1.82) is 0 Å². The number of esters is 1. The van der Waals surface area contributed by atoms with E-state index in [-0.39, 0.29) is 18.6 Å². The van der Waals surface area contributed by atoms with Gasteiger partial charge in [-0.25, -0.2) is 4.79 Å². The highest BCUT2D eigenvalue weighted by atomic mass is 35.5. The number of nitrogens with one attached hydrogen (secondary N) is 2. The van der Waals surface area contributed by atoms with Crippen molar-refractivity contribution in [3.8, 4) is 5.75 Å². The molecular formula is C22H23ClN2O5. The fraction of sp³-hybridized carbons (Fsp3) is 0.318. The molecule has 0 saturated heterocycles. The Morgan fingerprint density at radius 3 is 2.40 bits per heavy atom. The second-order valence-electron chi connectivity index (χ2n) is 6.95.